The van der Waals surface area contributed by atoms with Crippen LogP contribution in [-0.2, 0) is 0 Å². The molecule has 1 aliphatic rings. The van der Waals surface area contributed by atoms with Crippen molar-refractivity contribution in [1.29, 1.82) is 0 Å². The van der Waals surface area contributed by atoms with E-state index >= 15 is 0 Å². The lowest BCUT2D eigenvalue weighted by atomic mass is 9.98. The Bertz CT molecular complexity index is 372. The molecule has 0 amide bonds. The zero-order chi connectivity index (χ0) is 11.0. The number of hydrazine groups is 1. The Balaban J connectivity index is 2.33. The number of benzene rings is 1. The number of nitrogens with one attached hydrogen (secondary N) is 2. The van der Waals surface area contributed by atoms with Crippen LogP contribution in [0.1, 0.15) is 18.5 Å². The lowest BCUT2D eigenvalue weighted by Crippen LogP contribution is -2.35. The van der Waals surface area contributed by atoms with Crippen LogP contribution in [0.4, 0.5) is 4.39 Å². The van der Waals surface area contributed by atoms with E-state index in [2.05, 4.69) is 10.9 Å². The van der Waals surface area contributed by atoms with Gasteiger partial charge in [-0.15, -0.1) is 0 Å². The van der Waals surface area contributed by atoms with Gasteiger partial charge < -0.3 is 5.73 Å². The molecule has 3 atom stereocenters. The van der Waals surface area contributed by atoms with Crippen LogP contribution in [0.15, 0.2) is 18.2 Å². The van der Waals surface area contributed by atoms with Gasteiger partial charge in [-0.25, -0.2) is 9.82 Å². The Morgan fingerprint density at radius 3 is 2.73 bits per heavy atom. The first kappa shape index (κ1) is 10.8. The van der Waals surface area contributed by atoms with Gasteiger partial charge in [-0.2, -0.15) is 0 Å². The van der Waals surface area contributed by atoms with Gasteiger partial charge in [0.05, 0.1) is 6.04 Å². The summed E-state index contributed by atoms with van der Waals surface area (Å²) in [5.74, 6) is -0.289. The normalized spacial score (nSPS) is 30.8. The molecule has 1 saturated heterocycles. The summed E-state index contributed by atoms with van der Waals surface area (Å²) in [7, 11) is 0. The molecule has 0 aromatic heterocycles. The molecule has 1 aliphatic heterocycles. The Hall–Kier alpha value is -0.680. The molecule has 1 aromatic carbocycles. The maximum atomic E-state index is 13.5. The highest BCUT2D eigenvalue weighted by Crippen LogP contribution is 2.26. The van der Waals surface area contributed by atoms with Crippen molar-refractivity contribution in [3.05, 3.63) is 34.6 Å². The molecule has 0 radical (unpaired) electrons. The minimum absolute atomic E-state index is 0.105. The first-order chi connectivity index (χ1) is 7.09. The molecular formula is C10H13ClFN3. The third-order valence-electron chi connectivity index (χ3n) is 2.72. The number of hydrogen-bond donors (Lipinski definition) is 3. The molecule has 3 unspecified atom stereocenters. The SMILES string of the molecule is CC1NNC(c2cc(Cl)ccc2F)C1N. The second-order valence-corrected chi connectivity index (χ2v) is 4.23. The average Bonchev–Trinajstić information content (AvgIpc) is 2.52. The van der Waals surface area contributed by atoms with E-state index in [9.17, 15) is 4.39 Å². The summed E-state index contributed by atoms with van der Waals surface area (Å²) < 4.78 is 13.5. The van der Waals surface area contributed by atoms with Crippen LogP contribution in [0.25, 0.3) is 0 Å². The van der Waals surface area contributed by atoms with Crippen molar-refractivity contribution in [1.82, 2.24) is 10.9 Å². The molecule has 2 rings (SSSR count). The van der Waals surface area contributed by atoms with Crippen LogP contribution in [-0.4, -0.2) is 12.1 Å². The van der Waals surface area contributed by atoms with E-state index in [4.69, 9.17) is 17.3 Å². The number of rotatable bonds is 1. The summed E-state index contributed by atoms with van der Waals surface area (Å²) in [6, 6.07) is 4.19. The highest BCUT2D eigenvalue weighted by atomic mass is 35.5. The molecule has 3 nitrogen and oxygen atoms in total. The summed E-state index contributed by atoms with van der Waals surface area (Å²) in [4.78, 5) is 0. The zero-order valence-corrected chi connectivity index (χ0v) is 9.05. The highest BCUT2D eigenvalue weighted by molar-refractivity contribution is 6.30. The van der Waals surface area contributed by atoms with Crippen molar-refractivity contribution in [3.8, 4) is 0 Å². The fourth-order valence-electron chi connectivity index (χ4n) is 1.74. The molecule has 5 heteroatoms. The Morgan fingerprint density at radius 1 is 1.40 bits per heavy atom. The maximum absolute atomic E-state index is 13.5. The van der Waals surface area contributed by atoms with E-state index in [1.54, 1.807) is 6.07 Å². The number of halogens is 2. The molecule has 0 saturated carbocycles. The van der Waals surface area contributed by atoms with Gasteiger partial charge in [0.2, 0.25) is 0 Å². The summed E-state index contributed by atoms with van der Waals surface area (Å²) in [6.45, 7) is 1.94. The van der Waals surface area contributed by atoms with Gasteiger partial charge in [0.1, 0.15) is 5.82 Å². The van der Waals surface area contributed by atoms with Crippen LogP contribution in [0.3, 0.4) is 0 Å². The molecule has 0 bridgehead atoms. The summed E-state index contributed by atoms with van der Waals surface area (Å²) in [6.07, 6.45) is 0. The molecule has 4 N–H and O–H groups in total. The summed E-state index contributed by atoms with van der Waals surface area (Å²) in [5, 5.41) is 0.514. The summed E-state index contributed by atoms with van der Waals surface area (Å²) >= 11 is 5.82. The first-order valence-corrected chi connectivity index (χ1v) is 5.19. The summed E-state index contributed by atoms with van der Waals surface area (Å²) in [5.41, 5.74) is 12.4. The van der Waals surface area contributed by atoms with Gasteiger partial charge in [-0.1, -0.05) is 11.6 Å². The molecule has 1 heterocycles. The van der Waals surface area contributed by atoms with Gasteiger partial charge in [-0.05, 0) is 25.1 Å². The predicted octanol–water partition coefficient (Wildman–Crippen LogP) is 1.34. The molecular weight excluding hydrogens is 217 g/mol. The molecule has 82 valence electrons. The van der Waals surface area contributed by atoms with E-state index < -0.39 is 0 Å². The smallest absolute Gasteiger partial charge is 0.128 e. The monoisotopic (exact) mass is 229 g/mol. The second-order valence-electron chi connectivity index (χ2n) is 3.80. The van der Waals surface area contributed by atoms with Crippen molar-refractivity contribution in [3.63, 3.8) is 0 Å². The Morgan fingerprint density at radius 2 is 2.13 bits per heavy atom. The van der Waals surface area contributed by atoms with Gasteiger partial charge in [-0.3, -0.25) is 5.43 Å². The largest absolute Gasteiger partial charge is 0.325 e. The maximum Gasteiger partial charge on any atom is 0.128 e. The van der Waals surface area contributed by atoms with Crippen LogP contribution in [0, 0.1) is 5.82 Å². The standard InChI is InChI=1S/C10H13ClFN3/c1-5-9(13)10(15-14-5)7-4-6(11)2-3-8(7)12/h2-5,9-10,14-15H,13H2,1H3. The van der Waals surface area contributed by atoms with Crippen LogP contribution >= 0.6 is 11.6 Å². The lowest BCUT2D eigenvalue weighted by Gasteiger charge is -2.17. The minimum Gasteiger partial charge on any atom is -0.325 e. The van der Waals surface area contributed by atoms with Crippen molar-refractivity contribution in [2.45, 2.75) is 25.0 Å². The third kappa shape index (κ3) is 1.99. The van der Waals surface area contributed by atoms with Crippen molar-refractivity contribution in [2.24, 2.45) is 5.73 Å². The predicted molar refractivity (Wildman–Crippen MR) is 57.9 cm³/mol. The van der Waals surface area contributed by atoms with Crippen LogP contribution < -0.4 is 16.6 Å². The number of hydrogen-bond acceptors (Lipinski definition) is 3. The zero-order valence-electron chi connectivity index (χ0n) is 8.30. The highest BCUT2D eigenvalue weighted by Gasteiger charge is 2.32. The quantitative estimate of drug-likeness (QED) is 0.681. The van der Waals surface area contributed by atoms with Gasteiger partial charge in [0, 0.05) is 22.7 Å². The van der Waals surface area contributed by atoms with E-state index in [0.29, 0.717) is 10.6 Å². The number of nitrogens with two attached hydrogens (primary N) is 1. The van der Waals surface area contributed by atoms with E-state index in [-0.39, 0.29) is 23.9 Å². The average molecular weight is 230 g/mol. The van der Waals surface area contributed by atoms with E-state index in [1.807, 2.05) is 6.92 Å². The van der Waals surface area contributed by atoms with Gasteiger partial charge >= 0.3 is 0 Å². The Kier molecular flexibility index (Phi) is 2.93. The fraction of sp³-hybridized carbons (Fsp3) is 0.400. The van der Waals surface area contributed by atoms with E-state index in [0.717, 1.165) is 0 Å². The minimum atomic E-state index is -0.289. The fourth-order valence-corrected chi connectivity index (χ4v) is 1.92. The lowest BCUT2D eigenvalue weighted by molar-refractivity contribution is 0.509. The van der Waals surface area contributed by atoms with E-state index in [1.165, 1.54) is 12.1 Å². The van der Waals surface area contributed by atoms with Crippen LogP contribution in [0.5, 0.6) is 0 Å². The van der Waals surface area contributed by atoms with Gasteiger partial charge in [0.25, 0.3) is 0 Å². The topological polar surface area (TPSA) is 50.1 Å². The molecule has 15 heavy (non-hydrogen) atoms. The molecule has 0 spiro atoms. The van der Waals surface area contributed by atoms with Gasteiger partial charge in [0.15, 0.2) is 0 Å². The van der Waals surface area contributed by atoms with Crippen LogP contribution in [0.2, 0.25) is 5.02 Å². The van der Waals surface area contributed by atoms with Crippen molar-refractivity contribution < 1.29 is 4.39 Å². The van der Waals surface area contributed by atoms with Crippen molar-refractivity contribution >= 4 is 11.6 Å². The van der Waals surface area contributed by atoms with Crippen molar-refractivity contribution in [2.75, 3.05) is 0 Å². The molecule has 1 aromatic rings. The molecule has 0 aliphatic carbocycles. The second kappa shape index (κ2) is 4.06. The third-order valence-corrected chi connectivity index (χ3v) is 2.96. The Labute approximate surface area is 92.8 Å². The molecule has 1 fully saturated rings. The first-order valence-electron chi connectivity index (χ1n) is 4.81.